The molecule has 1 saturated heterocycles. The third kappa shape index (κ3) is 20.7. The normalized spacial score (nSPS) is 15.6. The fraction of sp³-hybridized carbons (Fsp3) is 0.684. The van der Waals surface area contributed by atoms with E-state index < -0.39 is 0 Å². The molecule has 26 heavy (non-hydrogen) atoms. The minimum Gasteiger partial charge on any atom is -1.00 e. The van der Waals surface area contributed by atoms with E-state index in [1.165, 1.54) is 50.6 Å². The Hall–Kier alpha value is 0.370. The molecule has 7 heteroatoms. The topological polar surface area (TPSA) is 71.0 Å². The van der Waals surface area contributed by atoms with E-state index in [1.54, 1.807) is 0 Å². The molecule has 1 heterocycles. The van der Waals surface area contributed by atoms with E-state index in [9.17, 15) is 0 Å². The zero-order chi connectivity index (χ0) is 18.6. The summed E-state index contributed by atoms with van der Waals surface area (Å²) in [7, 11) is 1.52. The Morgan fingerprint density at radius 3 is 2.31 bits per heavy atom. The van der Waals surface area contributed by atoms with Crippen molar-refractivity contribution in [1.29, 1.82) is 0 Å². The molecule has 1 atom stereocenters. The molecule has 1 aliphatic rings. The van der Waals surface area contributed by atoms with Crippen LogP contribution in [0.5, 0.6) is 0 Å². The molecule has 148 valence electrons. The van der Waals surface area contributed by atoms with Gasteiger partial charge in [0, 0.05) is 31.0 Å². The van der Waals surface area contributed by atoms with Gasteiger partial charge >= 0.3 is 29.6 Å². The zero-order valence-electron chi connectivity index (χ0n) is 17.7. The van der Waals surface area contributed by atoms with Crippen molar-refractivity contribution in [2.45, 2.75) is 39.0 Å². The fourth-order valence-electron chi connectivity index (χ4n) is 2.16. The second-order valence-corrected chi connectivity index (χ2v) is 6.68. The maximum Gasteiger partial charge on any atom is 1.00 e. The van der Waals surface area contributed by atoms with E-state index in [1.807, 2.05) is 6.07 Å². The molecule has 2 rings (SSSR count). The maximum atomic E-state index is 7.91. The summed E-state index contributed by atoms with van der Waals surface area (Å²) in [5, 5.41) is 19.1. The number of hydrogen-bond donors (Lipinski definition) is 3. The summed E-state index contributed by atoms with van der Waals surface area (Å²) in [6.07, 6.45) is 5.51. The van der Waals surface area contributed by atoms with Crippen LogP contribution in [0.2, 0.25) is 0 Å². The molecule has 1 aromatic carbocycles. The van der Waals surface area contributed by atoms with Crippen LogP contribution < -0.4 is 34.9 Å². The van der Waals surface area contributed by atoms with E-state index in [4.69, 9.17) is 10.2 Å². The molecular weight excluding hydrogens is 361 g/mol. The van der Waals surface area contributed by atoms with Crippen LogP contribution >= 0.6 is 12.0 Å². The van der Waals surface area contributed by atoms with Crippen molar-refractivity contribution < 1.29 is 50.4 Å². The minimum atomic E-state index is 0. The number of aryl methyl sites for hydroxylation is 1. The van der Waals surface area contributed by atoms with Gasteiger partial charge in [-0.15, -0.1) is 0 Å². The van der Waals surface area contributed by atoms with E-state index in [-0.39, 0.29) is 44.2 Å². The van der Waals surface area contributed by atoms with Crippen LogP contribution in [0.3, 0.4) is 0 Å². The Balaban J connectivity index is -0.000000350. The second kappa shape index (κ2) is 23.4. The van der Waals surface area contributed by atoms with Gasteiger partial charge in [0.25, 0.3) is 0 Å². The van der Waals surface area contributed by atoms with Crippen molar-refractivity contribution >= 4 is 12.0 Å². The molecule has 5 nitrogen and oxygen atoms in total. The van der Waals surface area contributed by atoms with Gasteiger partial charge in [0.2, 0.25) is 0 Å². The number of hydrogen-bond acceptors (Lipinski definition) is 6. The Morgan fingerprint density at radius 1 is 1.19 bits per heavy atom. The van der Waals surface area contributed by atoms with Crippen molar-refractivity contribution in [2.75, 3.05) is 39.2 Å². The van der Waals surface area contributed by atoms with Crippen molar-refractivity contribution in [2.24, 2.45) is 5.92 Å². The quantitative estimate of drug-likeness (QED) is 0.193. The molecule has 0 amide bonds. The summed E-state index contributed by atoms with van der Waals surface area (Å²) in [5.74, 6) is 1.89. The smallest absolute Gasteiger partial charge is 1.00 e. The first-order chi connectivity index (χ1) is 12.2. The van der Waals surface area contributed by atoms with E-state index in [0.717, 1.165) is 24.5 Å². The van der Waals surface area contributed by atoms with Crippen molar-refractivity contribution in [3.05, 3.63) is 35.9 Å². The average molecular weight is 398 g/mol. The van der Waals surface area contributed by atoms with Crippen molar-refractivity contribution in [1.82, 2.24) is 5.32 Å². The number of aliphatic hydroxyl groups excluding tert-OH is 2. The standard InChI is InChI=1S/C10H14O2S.C6H13N.C3H8O2.Na.H/c1-11-12-13-9-5-8-10-6-3-2-4-7-10;1-6-3-2-4-7-5-6;4-2-1-3-5;;/h2-4,6-7H,5,8-9H2,1H3;6-7H,2-5H2,1H3;4-5H,1-3H2;;/q;;;+1;-1. The zero-order valence-corrected chi connectivity index (χ0v) is 19.5. The molecule has 0 aliphatic carbocycles. The molecule has 0 radical (unpaired) electrons. The predicted octanol–water partition coefficient (Wildman–Crippen LogP) is 0.329. The Bertz CT molecular complexity index is 372. The van der Waals surface area contributed by atoms with Crippen LogP contribution in [-0.4, -0.2) is 49.4 Å². The third-order valence-corrected chi connectivity index (χ3v) is 4.20. The second-order valence-electron chi connectivity index (χ2n) is 5.90. The summed E-state index contributed by atoms with van der Waals surface area (Å²) in [6, 6.07) is 10.4. The van der Waals surface area contributed by atoms with Crippen molar-refractivity contribution in [3.8, 4) is 0 Å². The van der Waals surface area contributed by atoms with Gasteiger partial charge in [-0.3, -0.25) is 0 Å². The van der Waals surface area contributed by atoms with Crippen LogP contribution in [0.25, 0.3) is 0 Å². The fourth-order valence-corrected chi connectivity index (χ4v) is 2.59. The van der Waals surface area contributed by atoms with Crippen molar-refractivity contribution in [3.63, 3.8) is 0 Å². The van der Waals surface area contributed by atoms with Gasteiger partial charge in [-0.2, -0.15) is 4.33 Å². The Labute approximate surface area is 187 Å². The number of piperidine rings is 1. The molecule has 0 aromatic heterocycles. The summed E-state index contributed by atoms with van der Waals surface area (Å²) in [6.45, 7) is 4.96. The Kier molecular flexibility index (Phi) is 25.7. The molecule has 0 saturated carbocycles. The van der Waals surface area contributed by atoms with Gasteiger partial charge in [-0.25, -0.2) is 4.89 Å². The molecule has 0 spiro atoms. The summed E-state index contributed by atoms with van der Waals surface area (Å²) < 4.78 is 4.69. The molecule has 1 fully saturated rings. The van der Waals surface area contributed by atoms with Crippen LogP contribution in [0, 0.1) is 5.92 Å². The molecular formula is C19H36NNaO4S. The van der Waals surface area contributed by atoms with Gasteiger partial charge in [-0.1, -0.05) is 37.3 Å². The van der Waals surface area contributed by atoms with E-state index in [0.29, 0.717) is 6.42 Å². The van der Waals surface area contributed by atoms with Gasteiger partial charge < -0.3 is 17.0 Å². The van der Waals surface area contributed by atoms with E-state index in [2.05, 4.69) is 45.7 Å². The first kappa shape index (κ1) is 28.6. The molecule has 1 aliphatic heterocycles. The largest absolute Gasteiger partial charge is 1.00 e. The molecule has 1 aromatic rings. The molecule has 1 unspecified atom stereocenters. The van der Waals surface area contributed by atoms with Gasteiger partial charge in [0.1, 0.15) is 0 Å². The van der Waals surface area contributed by atoms with Crippen LogP contribution in [0.1, 0.15) is 39.6 Å². The van der Waals surface area contributed by atoms with Crippen LogP contribution in [0.15, 0.2) is 30.3 Å². The first-order valence-corrected chi connectivity index (χ1v) is 9.94. The van der Waals surface area contributed by atoms with Crippen LogP contribution in [-0.2, 0) is 15.6 Å². The van der Waals surface area contributed by atoms with Gasteiger partial charge in [0.05, 0.1) is 7.11 Å². The average Bonchev–Trinajstić information content (AvgIpc) is 2.65. The maximum absolute atomic E-state index is 7.91. The molecule has 0 bridgehead atoms. The minimum absolute atomic E-state index is 0. The van der Waals surface area contributed by atoms with Gasteiger partial charge in [-0.05, 0) is 56.7 Å². The number of nitrogens with one attached hydrogen (secondary N) is 1. The van der Waals surface area contributed by atoms with Crippen LogP contribution in [0.4, 0.5) is 0 Å². The summed E-state index contributed by atoms with van der Waals surface area (Å²) in [4.78, 5) is 4.46. The van der Waals surface area contributed by atoms with E-state index >= 15 is 0 Å². The predicted molar refractivity (Wildman–Crippen MR) is 106 cm³/mol. The molecule has 3 N–H and O–H groups in total. The first-order valence-electron chi connectivity index (χ1n) is 9.03. The third-order valence-electron chi connectivity index (χ3n) is 3.51. The number of rotatable bonds is 8. The van der Waals surface area contributed by atoms with Gasteiger partial charge in [0.15, 0.2) is 0 Å². The summed E-state index contributed by atoms with van der Waals surface area (Å²) >= 11 is 1.35. The summed E-state index contributed by atoms with van der Waals surface area (Å²) in [5.41, 5.74) is 1.38. The SMILES string of the molecule is CC1CCCNC1.COOSCCCc1ccccc1.OCCCO.[H-].[Na+]. The number of aliphatic hydroxyl groups is 2. The Morgan fingerprint density at radius 2 is 1.88 bits per heavy atom. The monoisotopic (exact) mass is 397 g/mol. The number of benzene rings is 1.